The first-order chi connectivity index (χ1) is 7.15. The minimum absolute atomic E-state index is 0.269. The molecule has 0 atom stereocenters. The van der Waals surface area contributed by atoms with Crippen LogP contribution in [-0.2, 0) is 6.54 Å². The van der Waals surface area contributed by atoms with Crippen molar-refractivity contribution in [1.82, 2.24) is 19.9 Å². The van der Waals surface area contributed by atoms with Crippen LogP contribution in [-0.4, -0.2) is 19.9 Å². The summed E-state index contributed by atoms with van der Waals surface area (Å²) in [6, 6.07) is 0. The molecule has 2 aromatic heterocycles. The molecule has 80 valence electrons. The lowest BCUT2D eigenvalue weighted by Gasteiger charge is -1.94. The smallest absolute Gasteiger partial charge is 0.248 e. The van der Waals surface area contributed by atoms with Crippen LogP contribution in [0.5, 0.6) is 0 Å². The van der Waals surface area contributed by atoms with Crippen LogP contribution in [0.1, 0.15) is 31.5 Å². The van der Waals surface area contributed by atoms with Crippen molar-refractivity contribution in [3.63, 3.8) is 0 Å². The van der Waals surface area contributed by atoms with Gasteiger partial charge in [0.05, 0.1) is 11.9 Å². The summed E-state index contributed by atoms with van der Waals surface area (Å²) in [4.78, 5) is 4.23. The third-order valence-corrected chi connectivity index (χ3v) is 1.95. The maximum atomic E-state index is 5.54. The number of nitrogens with two attached hydrogens (primary N) is 1. The van der Waals surface area contributed by atoms with E-state index in [9.17, 15) is 0 Å². The molecule has 0 saturated heterocycles. The predicted molar refractivity (Wildman–Crippen MR) is 54.1 cm³/mol. The van der Waals surface area contributed by atoms with Crippen LogP contribution >= 0.6 is 0 Å². The first-order valence-corrected chi connectivity index (χ1v) is 4.75. The SMILES string of the molecule is CC(C)c1noc(Cn2cc(N)cn2)n1. The highest BCUT2D eigenvalue weighted by atomic mass is 16.5. The Morgan fingerprint density at radius 1 is 1.53 bits per heavy atom. The first kappa shape index (κ1) is 9.70. The predicted octanol–water partition coefficient (Wildman–Crippen LogP) is 1.02. The summed E-state index contributed by atoms with van der Waals surface area (Å²) in [6.45, 7) is 4.48. The van der Waals surface area contributed by atoms with Crippen LogP contribution in [0.15, 0.2) is 16.9 Å². The molecule has 15 heavy (non-hydrogen) atoms. The molecule has 0 spiro atoms. The van der Waals surface area contributed by atoms with Gasteiger partial charge in [-0.3, -0.25) is 4.68 Å². The van der Waals surface area contributed by atoms with E-state index in [1.165, 1.54) is 0 Å². The van der Waals surface area contributed by atoms with Crippen LogP contribution in [0.3, 0.4) is 0 Å². The summed E-state index contributed by atoms with van der Waals surface area (Å²) in [6.07, 6.45) is 3.30. The minimum atomic E-state index is 0.269. The number of nitrogen functional groups attached to an aromatic ring is 1. The van der Waals surface area contributed by atoms with E-state index in [2.05, 4.69) is 15.2 Å². The lowest BCUT2D eigenvalue weighted by atomic mass is 10.2. The molecule has 6 nitrogen and oxygen atoms in total. The minimum Gasteiger partial charge on any atom is -0.396 e. The van der Waals surface area contributed by atoms with E-state index in [4.69, 9.17) is 10.3 Å². The summed E-state index contributed by atoms with van der Waals surface area (Å²) in [5.74, 6) is 1.53. The van der Waals surface area contributed by atoms with Gasteiger partial charge in [0.1, 0.15) is 6.54 Å². The highest BCUT2D eigenvalue weighted by Gasteiger charge is 2.10. The summed E-state index contributed by atoms with van der Waals surface area (Å²) in [5, 5.41) is 7.89. The van der Waals surface area contributed by atoms with Crippen molar-refractivity contribution >= 4 is 5.69 Å². The highest BCUT2D eigenvalue weighted by molar-refractivity contribution is 5.30. The van der Waals surface area contributed by atoms with Gasteiger partial charge >= 0.3 is 0 Å². The molecule has 0 amide bonds. The molecule has 0 saturated carbocycles. The molecular formula is C9H13N5O. The second kappa shape index (κ2) is 3.72. The third kappa shape index (κ3) is 2.15. The topological polar surface area (TPSA) is 82.8 Å². The molecule has 0 aliphatic heterocycles. The van der Waals surface area contributed by atoms with Gasteiger partial charge in [0, 0.05) is 12.1 Å². The molecule has 0 unspecified atom stereocenters. The van der Waals surface area contributed by atoms with Gasteiger partial charge in [-0.1, -0.05) is 19.0 Å². The molecule has 0 aliphatic carbocycles. The Kier molecular flexibility index (Phi) is 2.40. The lowest BCUT2D eigenvalue weighted by Crippen LogP contribution is -2.00. The molecule has 0 aliphatic rings. The number of aromatic nitrogens is 4. The molecule has 2 aromatic rings. The fraction of sp³-hybridized carbons (Fsp3) is 0.444. The zero-order valence-electron chi connectivity index (χ0n) is 8.71. The first-order valence-electron chi connectivity index (χ1n) is 4.75. The van der Waals surface area contributed by atoms with Crippen LogP contribution < -0.4 is 5.73 Å². The van der Waals surface area contributed by atoms with Gasteiger partial charge in [-0.15, -0.1) is 0 Å². The van der Waals surface area contributed by atoms with Gasteiger partial charge in [0.15, 0.2) is 5.82 Å². The van der Waals surface area contributed by atoms with E-state index in [-0.39, 0.29) is 5.92 Å². The molecule has 2 N–H and O–H groups in total. The monoisotopic (exact) mass is 207 g/mol. The largest absolute Gasteiger partial charge is 0.396 e. The second-order valence-corrected chi connectivity index (χ2v) is 3.67. The lowest BCUT2D eigenvalue weighted by molar-refractivity contribution is 0.360. The van der Waals surface area contributed by atoms with Crippen LogP contribution in [0.25, 0.3) is 0 Å². The summed E-state index contributed by atoms with van der Waals surface area (Å²) >= 11 is 0. The van der Waals surface area contributed by atoms with Gasteiger partial charge in [-0.25, -0.2) is 0 Å². The van der Waals surface area contributed by atoms with Crippen LogP contribution in [0.2, 0.25) is 0 Å². The molecule has 0 radical (unpaired) electrons. The number of nitrogens with zero attached hydrogens (tertiary/aromatic N) is 4. The maximum absolute atomic E-state index is 5.54. The maximum Gasteiger partial charge on any atom is 0.248 e. The fourth-order valence-electron chi connectivity index (χ4n) is 1.17. The van der Waals surface area contributed by atoms with Gasteiger partial charge < -0.3 is 10.3 Å². The Hall–Kier alpha value is -1.85. The van der Waals surface area contributed by atoms with Crippen molar-refractivity contribution in [3.8, 4) is 0 Å². The highest BCUT2D eigenvalue weighted by Crippen LogP contribution is 2.10. The summed E-state index contributed by atoms with van der Waals surface area (Å²) in [7, 11) is 0. The van der Waals surface area contributed by atoms with Crippen molar-refractivity contribution in [2.45, 2.75) is 26.3 Å². The molecule has 0 fully saturated rings. The average Bonchev–Trinajstić information content (AvgIpc) is 2.76. The number of hydrogen-bond acceptors (Lipinski definition) is 5. The molecule has 0 bridgehead atoms. The number of hydrogen-bond donors (Lipinski definition) is 1. The van der Waals surface area contributed by atoms with Crippen LogP contribution in [0, 0.1) is 0 Å². The Morgan fingerprint density at radius 3 is 2.87 bits per heavy atom. The van der Waals surface area contributed by atoms with E-state index >= 15 is 0 Å². The molecular weight excluding hydrogens is 194 g/mol. The second-order valence-electron chi connectivity index (χ2n) is 3.67. The number of rotatable bonds is 3. The van der Waals surface area contributed by atoms with Gasteiger partial charge in [0.2, 0.25) is 5.89 Å². The third-order valence-electron chi connectivity index (χ3n) is 1.95. The Balaban J connectivity index is 2.11. The zero-order valence-corrected chi connectivity index (χ0v) is 8.71. The van der Waals surface area contributed by atoms with Crippen molar-refractivity contribution in [2.24, 2.45) is 0 Å². The molecule has 2 rings (SSSR count). The van der Waals surface area contributed by atoms with Crippen molar-refractivity contribution < 1.29 is 4.52 Å². The van der Waals surface area contributed by atoms with E-state index in [1.807, 2.05) is 13.8 Å². The van der Waals surface area contributed by atoms with Crippen molar-refractivity contribution in [1.29, 1.82) is 0 Å². The van der Waals surface area contributed by atoms with Gasteiger partial charge in [-0.05, 0) is 0 Å². The molecule has 2 heterocycles. The summed E-state index contributed by atoms with van der Waals surface area (Å²) < 4.78 is 6.74. The standard InChI is InChI=1S/C9H13N5O/c1-6(2)9-12-8(15-13-9)5-14-4-7(10)3-11-14/h3-4,6H,5,10H2,1-2H3. The molecule has 0 aromatic carbocycles. The van der Waals surface area contributed by atoms with E-state index in [0.717, 1.165) is 0 Å². The average molecular weight is 207 g/mol. The number of anilines is 1. The quantitative estimate of drug-likeness (QED) is 0.812. The van der Waals surface area contributed by atoms with E-state index < -0.39 is 0 Å². The van der Waals surface area contributed by atoms with Crippen LogP contribution in [0.4, 0.5) is 5.69 Å². The van der Waals surface area contributed by atoms with Gasteiger partial charge in [0.25, 0.3) is 0 Å². The Morgan fingerprint density at radius 2 is 2.33 bits per heavy atom. The normalized spacial score (nSPS) is 11.1. The van der Waals surface area contributed by atoms with Crippen molar-refractivity contribution in [3.05, 3.63) is 24.1 Å². The fourth-order valence-corrected chi connectivity index (χ4v) is 1.17. The van der Waals surface area contributed by atoms with E-state index in [1.54, 1.807) is 17.1 Å². The molecule has 6 heteroatoms. The Labute approximate surface area is 87.1 Å². The van der Waals surface area contributed by atoms with E-state index in [0.29, 0.717) is 23.9 Å². The zero-order chi connectivity index (χ0) is 10.8. The van der Waals surface area contributed by atoms with Crippen molar-refractivity contribution in [2.75, 3.05) is 5.73 Å². The Bertz CT molecular complexity index is 445. The van der Waals surface area contributed by atoms with Gasteiger partial charge in [-0.2, -0.15) is 10.1 Å². The summed E-state index contributed by atoms with van der Waals surface area (Å²) in [5.41, 5.74) is 6.16.